The van der Waals surface area contributed by atoms with Crippen LogP contribution in [-0.2, 0) is 0 Å². The molecule has 0 aliphatic rings. The van der Waals surface area contributed by atoms with Crippen LogP contribution in [0.1, 0.15) is 10.4 Å². The van der Waals surface area contributed by atoms with E-state index < -0.39 is 0 Å². The Labute approximate surface area is 97.8 Å². The van der Waals surface area contributed by atoms with E-state index in [9.17, 15) is 4.79 Å². The monoisotopic (exact) mass is 232 g/mol. The van der Waals surface area contributed by atoms with Gasteiger partial charge in [0.1, 0.15) is 11.6 Å². The number of nitrogens with two attached hydrogens (primary N) is 1. The van der Waals surface area contributed by atoms with E-state index in [2.05, 4.69) is 15.5 Å². The number of methoxy groups -OCH3 is 1. The molecular formula is C11H12N4O2. The molecule has 0 unspecified atom stereocenters. The van der Waals surface area contributed by atoms with Gasteiger partial charge in [0.15, 0.2) is 0 Å². The van der Waals surface area contributed by atoms with Crippen molar-refractivity contribution in [3.8, 4) is 5.75 Å². The number of ether oxygens (including phenoxy) is 1. The van der Waals surface area contributed by atoms with Crippen LogP contribution in [-0.4, -0.2) is 23.2 Å². The van der Waals surface area contributed by atoms with E-state index in [4.69, 9.17) is 10.5 Å². The van der Waals surface area contributed by atoms with Crippen molar-refractivity contribution in [3.05, 3.63) is 36.0 Å². The van der Waals surface area contributed by atoms with Gasteiger partial charge in [-0.1, -0.05) is 0 Å². The second-order valence-corrected chi connectivity index (χ2v) is 3.38. The third-order valence-electron chi connectivity index (χ3n) is 2.24. The lowest BCUT2D eigenvalue weighted by atomic mass is 10.2. The number of nitrogen functional groups attached to an aromatic ring is 1. The number of aromatic nitrogens is 2. The minimum atomic E-state index is -0.257. The fourth-order valence-corrected chi connectivity index (χ4v) is 1.37. The lowest BCUT2D eigenvalue weighted by Gasteiger charge is -2.07. The highest BCUT2D eigenvalue weighted by Gasteiger charge is 2.09. The third-order valence-corrected chi connectivity index (χ3v) is 2.24. The van der Waals surface area contributed by atoms with E-state index >= 15 is 0 Å². The zero-order valence-electron chi connectivity index (χ0n) is 9.23. The van der Waals surface area contributed by atoms with Crippen LogP contribution in [0.25, 0.3) is 0 Å². The number of carbonyl (C=O) groups is 1. The van der Waals surface area contributed by atoms with Crippen molar-refractivity contribution in [1.29, 1.82) is 0 Å². The quantitative estimate of drug-likeness (QED) is 0.694. The van der Waals surface area contributed by atoms with Gasteiger partial charge in [-0.3, -0.25) is 9.89 Å². The smallest absolute Gasteiger partial charge is 0.256 e. The third kappa shape index (κ3) is 2.36. The molecule has 1 amide bonds. The molecule has 0 radical (unpaired) electrons. The van der Waals surface area contributed by atoms with Gasteiger partial charge in [0.05, 0.1) is 19.0 Å². The summed E-state index contributed by atoms with van der Waals surface area (Å²) in [6.07, 6.45) is 1.55. The second-order valence-electron chi connectivity index (χ2n) is 3.38. The van der Waals surface area contributed by atoms with Gasteiger partial charge in [0.25, 0.3) is 5.91 Å². The van der Waals surface area contributed by atoms with Crippen LogP contribution in [0.4, 0.5) is 11.5 Å². The molecule has 1 aromatic carbocycles. The van der Waals surface area contributed by atoms with Gasteiger partial charge < -0.3 is 15.8 Å². The Bertz CT molecular complexity index is 522. The highest BCUT2D eigenvalue weighted by Crippen LogP contribution is 2.22. The Balaban J connectivity index is 2.19. The molecule has 0 spiro atoms. The molecule has 88 valence electrons. The van der Waals surface area contributed by atoms with Crippen LogP contribution >= 0.6 is 0 Å². The number of rotatable bonds is 3. The van der Waals surface area contributed by atoms with E-state index in [-0.39, 0.29) is 5.91 Å². The maximum absolute atomic E-state index is 11.8. The minimum absolute atomic E-state index is 0.257. The van der Waals surface area contributed by atoms with Crippen LogP contribution in [0, 0.1) is 0 Å². The first-order valence-electron chi connectivity index (χ1n) is 4.95. The summed E-state index contributed by atoms with van der Waals surface area (Å²) in [7, 11) is 1.50. The molecule has 0 saturated carbocycles. The van der Waals surface area contributed by atoms with Gasteiger partial charge in [-0.2, -0.15) is 5.10 Å². The highest BCUT2D eigenvalue weighted by molar-refractivity contribution is 6.04. The molecular weight excluding hydrogens is 220 g/mol. The van der Waals surface area contributed by atoms with E-state index in [1.54, 1.807) is 30.5 Å². The molecule has 0 atom stereocenters. The SMILES string of the molecule is COc1cc(C(=O)Nc2ccn[nH]2)ccc1N. The molecule has 6 heteroatoms. The van der Waals surface area contributed by atoms with Crippen LogP contribution in [0.2, 0.25) is 0 Å². The number of amides is 1. The number of hydrogen-bond acceptors (Lipinski definition) is 4. The van der Waals surface area contributed by atoms with Crippen LogP contribution < -0.4 is 15.8 Å². The molecule has 0 saturated heterocycles. The summed E-state index contributed by atoms with van der Waals surface area (Å²) in [5.74, 6) is 0.751. The minimum Gasteiger partial charge on any atom is -0.495 e. The Morgan fingerprint density at radius 3 is 2.94 bits per heavy atom. The summed E-state index contributed by atoms with van der Waals surface area (Å²) < 4.78 is 5.05. The average Bonchev–Trinajstić information content (AvgIpc) is 2.82. The van der Waals surface area contributed by atoms with Crippen molar-refractivity contribution < 1.29 is 9.53 Å². The molecule has 0 fully saturated rings. The molecule has 1 heterocycles. The molecule has 0 aliphatic heterocycles. The topological polar surface area (TPSA) is 93.0 Å². The van der Waals surface area contributed by atoms with Crippen molar-refractivity contribution in [1.82, 2.24) is 10.2 Å². The maximum Gasteiger partial charge on any atom is 0.256 e. The van der Waals surface area contributed by atoms with Gasteiger partial charge in [0.2, 0.25) is 0 Å². The van der Waals surface area contributed by atoms with E-state index in [1.165, 1.54) is 7.11 Å². The average molecular weight is 232 g/mol. The van der Waals surface area contributed by atoms with E-state index in [0.717, 1.165) is 0 Å². The summed E-state index contributed by atoms with van der Waals surface area (Å²) in [5.41, 5.74) is 6.62. The summed E-state index contributed by atoms with van der Waals surface area (Å²) in [4.78, 5) is 11.8. The van der Waals surface area contributed by atoms with Crippen LogP contribution in [0.5, 0.6) is 5.75 Å². The first-order chi connectivity index (χ1) is 8.20. The first kappa shape index (κ1) is 11.0. The largest absolute Gasteiger partial charge is 0.495 e. The number of H-pyrrole nitrogens is 1. The summed E-state index contributed by atoms with van der Waals surface area (Å²) in [6, 6.07) is 6.50. The molecule has 1 aromatic heterocycles. The summed E-state index contributed by atoms with van der Waals surface area (Å²) in [6.45, 7) is 0. The Morgan fingerprint density at radius 2 is 2.29 bits per heavy atom. The normalized spacial score (nSPS) is 9.94. The molecule has 2 aromatic rings. The molecule has 0 aliphatic carbocycles. The van der Waals surface area contributed by atoms with Crippen molar-refractivity contribution in [2.24, 2.45) is 0 Å². The number of nitrogens with zero attached hydrogens (tertiary/aromatic N) is 1. The standard InChI is InChI=1S/C11H12N4O2/c1-17-9-6-7(2-3-8(9)12)11(16)14-10-4-5-13-15-10/h2-6H,12H2,1H3,(H2,13,14,15,16). The Kier molecular flexibility index (Phi) is 2.95. The predicted molar refractivity (Wildman–Crippen MR) is 63.9 cm³/mol. The fourth-order valence-electron chi connectivity index (χ4n) is 1.37. The van der Waals surface area contributed by atoms with E-state index in [0.29, 0.717) is 22.8 Å². The zero-order chi connectivity index (χ0) is 12.3. The highest BCUT2D eigenvalue weighted by atomic mass is 16.5. The predicted octanol–water partition coefficient (Wildman–Crippen LogP) is 1.25. The zero-order valence-corrected chi connectivity index (χ0v) is 9.23. The molecule has 17 heavy (non-hydrogen) atoms. The molecule has 2 rings (SSSR count). The number of anilines is 2. The molecule has 4 N–H and O–H groups in total. The second kappa shape index (κ2) is 4.56. The summed E-state index contributed by atoms with van der Waals surface area (Å²) >= 11 is 0. The fraction of sp³-hybridized carbons (Fsp3) is 0.0909. The Morgan fingerprint density at radius 1 is 1.47 bits per heavy atom. The number of nitrogens with one attached hydrogen (secondary N) is 2. The number of benzene rings is 1. The maximum atomic E-state index is 11.8. The van der Waals surface area contributed by atoms with Gasteiger partial charge in [0, 0.05) is 11.6 Å². The number of hydrogen-bond donors (Lipinski definition) is 3. The number of aromatic amines is 1. The van der Waals surface area contributed by atoms with Gasteiger partial charge in [-0.25, -0.2) is 0 Å². The lowest BCUT2D eigenvalue weighted by molar-refractivity contribution is 0.102. The lowest BCUT2D eigenvalue weighted by Crippen LogP contribution is -2.12. The van der Waals surface area contributed by atoms with Crippen molar-refractivity contribution in [3.63, 3.8) is 0 Å². The molecule has 6 nitrogen and oxygen atoms in total. The van der Waals surface area contributed by atoms with Crippen molar-refractivity contribution in [2.75, 3.05) is 18.2 Å². The Hall–Kier alpha value is -2.50. The first-order valence-corrected chi connectivity index (χ1v) is 4.95. The molecule has 0 bridgehead atoms. The summed E-state index contributed by atoms with van der Waals surface area (Å²) in [5, 5.41) is 9.03. The van der Waals surface area contributed by atoms with Crippen molar-refractivity contribution >= 4 is 17.4 Å². The van der Waals surface area contributed by atoms with Crippen molar-refractivity contribution in [2.45, 2.75) is 0 Å². The van der Waals surface area contributed by atoms with Crippen LogP contribution in [0.15, 0.2) is 30.5 Å². The van der Waals surface area contributed by atoms with E-state index in [1.807, 2.05) is 0 Å². The van der Waals surface area contributed by atoms with Gasteiger partial charge in [-0.05, 0) is 18.2 Å². The number of carbonyl (C=O) groups excluding carboxylic acids is 1. The van der Waals surface area contributed by atoms with Gasteiger partial charge >= 0.3 is 0 Å². The van der Waals surface area contributed by atoms with Crippen LogP contribution in [0.3, 0.4) is 0 Å². The van der Waals surface area contributed by atoms with Gasteiger partial charge in [-0.15, -0.1) is 0 Å².